The SMILES string of the molecule is CC(=O)N1CCN(C(=O)c2ccc(Nc3ccc(N(C)C)cc3)nn2)CC1. The molecule has 1 saturated heterocycles. The number of hydrogen-bond acceptors (Lipinski definition) is 6. The van der Waals surface area contributed by atoms with E-state index in [9.17, 15) is 9.59 Å². The predicted molar refractivity (Wildman–Crippen MR) is 104 cm³/mol. The number of carbonyl (C=O) groups excluding carboxylic acids is 2. The van der Waals surface area contributed by atoms with E-state index in [0.29, 0.717) is 37.7 Å². The predicted octanol–water partition coefficient (Wildman–Crippen LogP) is 1.59. The maximum atomic E-state index is 12.5. The van der Waals surface area contributed by atoms with Gasteiger partial charge in [0.15, 0.2) is 11.5 Å². The van der Waals surface area contributed by atoms with E-state index in [2.05, 4.69) is 15.5 Å². The standard InChI is InChI=1S/C19H24N6O2/c1-14(26)24-10-12-25(13-11-24)19(27)17-8-9-18(22-21-17)20-15-4-6-16(7-5-15)23(2)3/h4-9H,10-13H2,1-3H3,(H,20,22). The van der Waals surface area contributed by atoms with Crippen LogP contribution in [0, 0.1) is 0 Å². The zero-order valence-electron chi connectivity index (χ0n) is 15.8. The van der Waals surface area contributed by atoms with Crippen LogP contribution in [0.25, 0.3) is 0 Å². The number of amides is 2. The van der Waals surface area contributed by atoms with Crippen molar-refractivity contribution in [2.75, 3.05) is 50.5 Å². The topological polar surface area (TPSA) is 81.7 Å². The summed E-state index contributed by atoms with van der Waals surface area (Å²) in [6.07, 6.45) is 0. The van der Waals surface area contributed by atoms with Gasteiger partial charge in [0.05, 0.1) is 0 Å². The largest absolute Gasteiger partial charge is 0.378 e. The van der Waals surface area contributed by atoms with Gasteiger partial charge in [0.2, 0.25) is 5.91 Å². The van der Waals surface area contributed by atoms with Crippen LogP contribution in [-0.4, -0.2) is 72.1 Å². The molecular weight excluding hydrogens is 344 g/mol. The molecule has 1 fully saturated rings. The van der Waals surface area contributed by atoms with Gasteiger partial charge in [0.25, 0.3) is 5.91 Å². The number of benzene rings is 1. The summed E-state index contributed by atoms with van der Waals surface area (Å²) in [6.45, 7) is 3.67. The van der Waals surface area contributed by atoms with Crippen molar-refractivity contribution >= 4 is 29.0 Å². The Labute approximate surface area is 158 Å². The maximum Gasteiger partial charge on any atom is 0.274 e. The number of rotatable bonds is 4. The van der Waals surface area contributed by atoms with Crippen LogP contribution < -0.4 is 10.2 Å². The van der Waals surface area contributed by atoms with E-state index in [1.165, 1.54) is 0 Å². The third kappa shape index (κ3) is 4.52. The van der Waals surface area contributed by atoms with Gasteiger partial charge < -0.3 is 20.0 Å². The van der Waals surface area contributed by atoms with Crippen LogP contribution in [0.5, 0.6) is 0 Å². The summed E-state index contributed by atoms with van der Waals surface area (Å²) < 4.78 is 0. The summed E-state index contributed by atoms with van der Waals surface area (Å²) >= 11 is 0. The second-order valence-electron chi connectivity index (χ2n) is 6.67. The van der Waals surface area contributed by atoms with Crippen LogP contribution in [0.1, 0.15) is 17.4 Å². The third-order valence-corrected chi connectivity index (χ3v) is 4.55. The first-order valence-corrected chi connectivity index (χ1v) is 8.87. The molecule has 0 bridgehead atoms. The third-order valence-electron chi connectivity index (χ3n) is 4.55. The van der Waals surface area contributed by atoms with Gasteiger partial charge in [-0.3, -0.25) is 9.59 Å². The molecule has 0 unspecified atom stereocenters. The summed E-state index contributed by atoms with van der Waals surface area (Å²) in [5.41, 5.74) is 2.31. The molecule has 8 nitrogen and oxygen atoms in total. The lowest BCUT2D eigenvalue weighted by molar-refractivity contribution is -0.130. The molecule has 3 rings (SSSR count). The average Bonchev–Trinajstić information content (AvgIpc) is 2.68. The highest BCUT2D eigenvalue weighted by molar-refractivity contribution is 5.92. The molecule has 1 aliphatic heterocycles. The van der Waals surface area contributed by atoms with Gasteiger partial charge in [-0.15, -0.1) is 10.2 Å². The van der Waals surface area contributed by atoms with Gasteiger partial charge in [-0.1, -0.05) is 0 Å². The highest BCUT2D eigenvalue weighted by atomic mass is 16.2. The molecule has 1 N–H and O–H groups in total. The molecule has 0 spiro atoms. The molecule has 0 atom stereocenters. The van der Waals surface area contributed by atoms with Crippen LogP contribution in [0.3, 0.4) is 0 Å². The highest BCUT2D eigenvalue weighted by Gasteiger charge is 2.24. The Kier molecular flexibility index (Phi) is 5.54. The summed E-state index contributed by atoms with van der Waals surface area (Å²) in [4.78, 5) is 29.4. The summed E-state index contributed by atoms with van der Waals surface area (Å²) in [7, 11) is 3.98. The zero-order valence-corrected chi connectivity index (χ0v) is 15.8. The Balaban J connectivity index is 1.60. The fourth-order valence-corrected chi connectivity index (χ4v) is 2.89. The van der Waals surface area contributed by atoms with E-state index in [4.69, 9.17) is 0 Å². The molecule has 0 aliphatic carbocycles. The Morgan fingerprint density at radius 1 is 0.926 bits per heavy atom. The number of nitrogens with one attached hydrogen (secondary N) is 1. The van der Waals surface area contributed by atoms with Gasteiger partial charge in [0, 0.05) is 58.6 Å². The first-order chi connectivity index (χ1) is 12.9. The van der Waals surface area contributed by atoms with Crippen molar-refractivity contribution < 1.29 is 9.59 Å². The van der Waals surface area contributed by atoms with E-state index in [1.54, 1.807) is 28.9 Å². The second-order valence-corrected chi connectivity index (χ2v) is 6.67. The Morgan fingerprint density at radius 2 is 1.56 bits per heavy atom. The minimum absolute atomic E-state index is 0.0379. The van der Waals surface area contributed by atoms with Gasteiger partial charge in [0.1, 0.15) is 0 Å². The van der Waals surface area contributed by atoms with Gasteiger partial charge in [-0.05, 0) is 36.4 Å². The molecule has 2 heterocycles. The van der Waals surface area contributed by atoms with E-state index < -0.39 is 0 Å². The molecular formula is C19H24N6O2. The van der Waals surface area contributed by atoms with Crippen molar-refractivity contribution in [2.45, 2.75) is 6.92 Å². The van der Waals surface area contributed by atoms with Crippen molar-refractivity contribution in [1.29, 1.82) is 0 Å². The molecule has 8 heteroatoms. The number of carbonyl (C=O) groups is 2. The lowest BCUT2D eigenvalue weighted by Crippen LogP contribution is -2.50. The highest BCUT2D eigenvalue weighted by Crippen LogP contribution is 2.19. The first kappa shape index (κ1) is 18.6. The lowest BCUT2D eigenvalue weighted by Gasteiger charge is -2.33. The van der Waals surface area contributed by atoms with Gasteiger partial charge >= 0.3 is 0 Å². The molecule has 1 aromatic heterocycles. The fraction of sp³-hybridized carbons (Fsp3) is 0.368. The van der Waals surface area contributed by atoms with Crippen molar-refractivity contribution in [3.63, 3.8) is 0 Å². The smallest absolute Gasteiger partial charge is 0.274 e. The average molecular weight is 368 g/mol. The monoisotopic (exact) mass is 368 g/mol. The van der Waals surface area contributed by atoms with Crippen LogP contribution in [0.2, 0.25) is 0 Å². The van der Waals surface area contributed by atoms with Crippen LogP contribution in [-0.2, 0) is 4.79 Å². The summed E-state index contributed by atoms with van der Waals surface area (Å²) in [5.74, 6) is 0.453. The Morgan fingerprint density at radius 3 is 2.07 bits per heavy atom. The maximum absolute atomic E-state index is 12.5. The number of nitrogens with zero attached hydrogens (tertiary/aromatic N) is 5. The molecule has 1 aromatic carbocycles. The fourth-order valence-electron chi connectivity index (χ4n) is 2.89. The Hall–Kier alpha value is -3.16. The van der Waals surface area contributed by atoms with Crippen molar-refractivity contribution in [2.24, 2.45) is 0 Å². The van der Waals surface area contributed by atoms with E-state index in [1.807, 2.05) is 43.3 Å². The van der Waals surface area contributed by atoms with Crippen molar-refractivity contribution in [3.8, 4) is 0 Å². The number of hydrogen-bond donors (Lipinski definition) is 1. The quantitative estimate of drug-likeness (QED) is 0.883. The van der Waals surface area contributed by atoms with E-state index in [0.717, 1.165) is 11.4 Å². The molecule has 2 amide bonds. The first-order valence-electron chi connectivity index (χ1n) is 8.87. The van der Waals surface area contributed by atoms with E-state index >= 15 is 0 Å². The number of anilines is 3. The van der Waals surface area contributed by atoms with Crippen molar-refractivity contribution in [3.05, 3.63) is 42.1 Å². The van der Waals surface area contributed by atoms with Crippen molar-refractivity contribution in [1.82, 2.24) is 20.0 Å². The van der Waals surface area contributed by atoms with Crippen LogP contribution >= 0.6 is 0 Å². The summed E-state index contributed by atoms with van der Waals surface area (Å²) in [6, 6.07) is 11.4. The number of piperazine rings is 1. The normalized spacial score (nSPS) is 14.0. The van der Waals surface area contributed by atoms with E-state index in [-0.39, 0.29) is 11.8 Å². The second kappa shape index (κ2) is 8.03. The molecule has 142 valence electrons. The minimum atomic E-state index is -0.160. The lowest BCUT2D eigenvalue weighted by atomic mass is 10.2. The summed E-state index contributed by atoms with van der Waals surface area (Å²) in [5, 5.41) is 11.3. The molecule has 0 radical (unpaired) electrons. The molecule has 0 saturated carbocycles. The Bertz CT molecular complexity index is 796. The minimum Gasteiger partial charge on any atom is -0.378 e. The van der Waals surface area contributed by atoms with Crippen LogP contribution in [0.15, 0.2) is 36.4 Å². The molecule has 27 heavy (non-hydrogen) atoms. The van der Waals surface area contributed by atoms with Gasteiger partial charge in [-0.25, -0.2) is 0 Å². The van der Waals surface area contributed by atoms with Crippen LogP contribution in [0.4, 0.5) is 17.2 Å². The zero-order chi connectivity index (χ0) is 19.4. The number of aromatic nitrogens is 2. The van der Waals surface area contributed by atoms with Gasteiger partial charge in [-0.2, -0.15) is 0 Å². The molecule has 1 aliphatic rings. The molecule has 2 aromatic rings.